The Morgan fingerprint density at radius 3 is 2.62 bits per heavy atom. The second-order valence-electron chi connectivity index (χ2n) is 6.46. The van der Waals surface area contributed by atoms with Crippen molar-refractivity contribution in [1.82, 2.24) is 29.5 Å². The second kappa shape index (κ2) is 6.25. The third-order valence-electron chi connectivity index (χ3n) is 4.71. The van der Waals surface area contributed by atoms with E-state index in [0.717, 1.165) is 33.9 Å². The largest absolute Gasteiger partial charge is 0.354 e. The molecule has 3 heterocycles. The van der Waals surface area contributed by atoms with Crippen LogP contribution in [0.2, 0.25) is 0 Å². The molecule has 0 atom stereocenters. The average molecular weight is 347 g/mol. The number of nitrogens with zero attached hydrogens (tertiary/aromatic N) is 7. The molecule has 7 heteroatoms. The van der Waals surface area contributed by atoms with E-state index in [1.165, 1.54) is 5.56 Å². The quantitative estimate of drug-likeness (QED) is 0.568. The van der Waals surface area contributed by atoms with E-state index in [2.05, 4.69) is 45.9 Å². The average Bonchev–Trinajstić information content (AvgIpc) is 3.17. The molecule has 4 aromatic rings. The molecule has 1 aromatic carbocycles. The predicted octanol–water partition coefficient (Wildman–Crippen LogP) is 2.80. The third-order valence-corrected chi connectivity index (χ3v) is 4.71. The molecular formula is C19H21N7. The maximum absolute atomic E-state index is 4.73. The minimum absolute atomic E-state index is 0.714. The Morgan fingerprint density at radius 2 is 1.85 bits per heavy atom. The van der Waals surface area contributed by atoms with E-state index in [1.54, 1.807) is 11.0 Å². The van der Waals surface area contributed by atoms with E-state index in [-0.39, 0.29) is 0 Å². The Labute approximate surface area is 151 Å². The number of benzene rings is 1. The van der Waals surface area contributed by atoms with Gasteiger partial charge in [0.25, 0.3) is 0 Å². The summed E-state index contributed by atoms with van der Waals surface area (Å²) in [7, 11) is 3.92. The number of fused-ring (bicyclic) bond motifs is 1. The normalized spacial score (nSPS) is 11.2. The fourth-order valence-corrected chi connectivity index (χ4v) is 3.29. The standard InChI is InChI=1S/C19H21N7/c1-13-17(14(2)26(23-13)15-8-6-5-7-9-15)11-24(3)18-16-10-22-25(4)19(16)21-12-20-18/h5-10,12H,11H2,1-4H3. The van der Waals surface area contributed by atoms with Gasteiger partial charge < -0.3 is 4.90 Å². The first kappa shape index (κ1) is 16.3. The van der Waals surface area contributed by atoms with E-state index in [1.807, 2.05) is 43.2 Å². The molecule has 0 amide bonds. The van der Waals surface area contributed by atoms with Crippen molar-refractivity contribution < 1.29 is 0 Å². The lowest BCUT2D eigenvalue weighted by Crippen LogP contribution is -2.19. The van der Waals surface area contributed by atoms with Crippen LogP contribution in [0.5, 0.6) is 0 Å². The molecule has 26 heavy (non-hydrogen) atoms. The van der Waals surface area contributed by atoms with Gasteiger partial charge in [-0.1, -0.05) is 18.2 Å². The molecule has 3 aromatic heterocycles. The number of aryl methyl sites for hydroxylation is 2. The van der Waals surface area contributed by atoms with Crippen molar-refractivity contribution in [3.05, 3.63) is 59.8 Å². The summed E-state index contributed by atoms with van der Waals surface area (Å²) in [6.45, 7) is 4.87. The van der Waals surface area contributed by atoms with E-state index >= 15 is 0 Å². The lowest BCUT2D eigenvalue weighted by atomic mass is 10.2. The van der Waals surface area contributed by atoms with Gasteiger partial charge in [0.2, 0.25) is 0 Å². The van der Waals surface area contributed by atoms with Crippen LogP contribution in [0.4, 0.5) is 5.82 Å². The zero-order valence-corrected chi connectivity index (χ0v) is 15.4. The molecule has 0 aliphatic heterocycles. The molecule has 0 saturated heterocycles. The van der Waals surface area contributed by atoms with Crippen LogP contribution in [0.15, 0.2) is 42.9 Å². The molecule has 0 aliphatic carbocycles. The highest BCUT2D eigenvalue weighted by Crippen LogP contribution is 2.25. The molecule has 0 unspecified atom stereocenters. The van der Waals surface area contributed by atoms with Crippen LogP contribution in [0, 0.1) is 13.8 Å². The number of hydrogen-bond donors (Lipinski definition) is 0. The Balaban J connectivity index is 1.70. The monoisotopic (exact) mass is 347 g/mol. The van der Waals surface area contributed by atoms with Crippen molar-refractivity contribution in [2.45, 2.75) is 20.4 Å². The van der Waals surface area contributed by atoms with Gasteiger partial charge in [-0.05, 0) is 26.0 Å². The van der Waals surface area contributed by atoms with Gasteiger partial charge in [0, 0.05) is 31.9 Å². The number of hydrogen-bond acceptors (Lipinski definition) is 5. The molecule has 0 bridgehead atoms. The maximum Gasteiger partial charge on any atom is 0.163 e. The minimum atomic E-state index is 0.714. The van der Waals surface area contributed by atoms with Gasteiger partial charge in [0.15, 0.2) is 5.65 Å². The van der Waals surface area contributed by atoms with Gasteiger partial charge in [-0.15, -0.1) is 0 Å². The third kappa shape index (κ3) is 2.61. The van der Waals surface area contributed by atoms with Crippen molar-refractivity contribution in [2.75, 3.05) is 11.9 Å². The van der Waals surface area contributed by atoms with Crippen LogP contribution >= 0.6 is 0 Å². The molecule has 4 rings (SSSR count). The fourth-order valence-electron chi connectivity index (χ4n) is 3.29. The van der Waals surface area contributed by atoms with Crippen LogP contribution in [-0.2, 0) is 13.6 Å². The molecule has 0 saturated carbocycles. The van der Waals surface area contributed by atoms with Crippen LogP contribution < -0.4 is 4.90 Å². The number of aromatic nitrogens is 6. The number of rotatable bonds is 4. The smallest absolute Gasteiger partial charge is 0.163 e. The summed E-state index contributed by atoms with van der Waals surface area (Å²) in [6.07, 6.45) is 3.40. The molecule has 0 fully saturated rings. The van der Waals surface area contributed by atoms with E-state index in [9.17, 15) is 0 Å². The Bertz CT molecular complexity index is 1060. The van der Waals surface area contributed by atoms with E-state index in [4.69, 9.17) is 5.10 Å². The van der Waals surface area contributed by atoms with Crippen molar-refractivity contribution >= 4 is 16.9 Å². The molecule has 132 valence electrons. The first-order valence-electron chi connectivity index (χ1n) is 8.50. The molecule has 0 N–H and O–H groups in total. The lowest BCUT2D eigenvalue weighted by Gasteiger charge is -2.19. The summed E-state index contributed by atoms with van der Waals surface area (Å²) in [5.41, 5.74) is 5.26. The lowest BCUT2D eigenvalue weighted by molar-refractivity contribution is 0.785. The highest BCUT2D eigenvalue weighted by Gasteiger charge is 2.17. The highest BCUT2D eigenvalue weighted by molar-refractivity contribution is 5.86. The Hall–Kier alpha value is -3.22. The summed E-state index contributed by atoms with van der Waals surface area (Å²) in [6, 6.07) is 10.2. The molecule has 0 spiro atoms. The summed E-state index contributed by atoms with van der Waals surface area (Å²) >= 11 is 0. The zero-order chi connectivity index (χ0) is 18.3. The SMILES string of the molecule is Cc1nn(-c2ccccc2)c(C)c1CN(C)c1ncnc2c1cnn2C. The topological polar surface area (TPSA) is 64.7 Å². The van der Waals surface area contributed by atoms with E-state index in [0.29, 0.717) is 6.54 Å². The number of para-hydroxylation sites is 1. The second-order valence-corrected chi connectivity index (χ2v) is 6.46. The molecule has 7 nitrogen and oxygen atoms in total. The molecule has 0 aliphatic rings. The fraction of sp³-hybridized carbons (Fsp3) is 0.263. The van der Waals surface area contributed by atoms with Gasteiger partial charge in [0.1, 0.15) is 12.1 Å². The highest BCUT2D eigenvalue weighted by atomic mass is 15.3. The maximum atomic E-state index is 4.73. The van der Waals surface area contributed by atoms with Crippen molar-refractivity contribution in [1.29, 1.82) is 0 Å². The van der Waals surface area contributed by atoms with Gasteiger partial charge in [-0.3, -0.25) is 4.68 Å². The Morgan fingerprint density at radius 1 is 1.08 bits per heavy atom. The van der Waals surface area contributed by atoms with Gasteiger partial charge in [-0.25, -0.2) is 14.6 Å². The number of anilines is 1. The van der Waals surface area contributed by atoms with Crippen LogP contribution in [0.3, 0.4) is 0 Å². The van der Waals surface area contributed by atoms with Gasteiger partial charge in [0.05, 0.1) is 23.0 Å². The van der Waals surface area contributed by atoms with Crippen LogP contribution in [0.1, 0.15) is 17.0 Å². The first-order valence-corrected chi connectivity index (χ1v) is 8.50. The van der Waals surface area contributed by atoms with Crippen molar-refractivity contribution in [3.63, 3.8) is 0 Å². The van der Waals surface area contributed by atoms with Gasteiger partial charge in [-0.2, -0.15) is 10.2 Å². The minimum Gasteiger partial charge on any atom is -0.354 e. The zero-order valence-electron chi connectivity index (χ0n) is 15.4. The van der Waals surface area contributed by atoms with Crippen molar-refractivity contribution in [2.24, 2.45) is 7.05 Å². The van der Waals surface area contributed by atoms with Crippen LogP contribution in [-0.4, -0.2) is 36.6 Å². The summed E-state index contributed by atoms with van der Waals surface area (Å²) in [4.78, 5) is 10.9. The van der Waals surface area contributed by atoms with Crippen LogP contribution in [0.25, 0.3) is 16.7 Å². The molecular weight excluding hydrogens is 326 g/mol. The molecule has 0 radical (unpaired) electrons. The van der Waals surface area contributed by atoms with Gasteiger partial charge >= 0.3 is 0 Å². The first-order chi connectivity index (χ1) is 12.6. The predicted molar refractivity (Wildman–Crippen MR) is 101 cm³/mol. The summed E-state index contributed by atoms with van der Waals surface area (Å²) in [5.74, 6) is 0.870. The summed E-state index contributed by atoms with van der Waals surface area (Å²) < 4.78 is 3.76. The summed E-state index contributed by atoms with van der Waals surface area (Å²) in [5, 5.41) is 9.98. The Kier molecular flexibility index (Phi) is 3.91. The van der Waals surface area contributed by atoms with Crippen molar-refractivity contribution in [3.8, 4) is 5.69 Å². The van der Waals surface area contributed by atoms with E-state index < -0.39 is 0 Å².